The average molecular weight is 406 g/mol. The molecule has 2 aromatic heterocycles. The predicted molar refractivity (Wildman–Crippen MR) is 121 cm³/mol. The fourth-order valence-corrected chi connectivity index (χ4v) is 4.55. The van der Waals surface area contributed by atoms with Gasteiger partial charge in [0.1, 0.15) is 11.6 Å². The number of nitrogens with zero attached hydrogens (tertiary/aromatic N) is 4. The first kappa shape index (κ1) is 20.4. The second-order valence-electron chi connectivity index (χ2n) is 8.32. The van der Waals surface area contributed by atoms with Gasteiger partial charge in [-0.05, 0) is 44.2 Å². The van der Waals surface area contributed by atoms with Gasteiger partial charge >= 0.3 is 0 Å². The van der Waals surface area contributed by atoms with E-state index in [1.165, 1.54) is 10.9 Å². The lowest BCUT2D eigenvalue weighted by molar-refractivity contribution is -0.131. The maximum atomic E-state index is 13.0. The van der Waals surface area contributed by atoms with Crippen LogP contribution in [0.25, 0.3) is 10.9 Å². The molecule has 0 aliphatic carbocycles. The van der Waals surface area contributed by atoms with E-state index < -0.39 is 0 Å². The second-order valence-corrected chi connectivity index (χ2v) is 8.32. The number of hydrogen-bond acceptors (Lipinski definition) is 4. The highest BCUT2D eigenvalue weighted by Crippen LogP contribution is 2.25. The minimum absolute atomic E-state index is 0.185. The van der Waals surface area contributed by atoms with Crippen LogP contribution in [0.1, 0.15) is 42.4 Å². The highest BCUT2D eigenvalue weighted by Gasteiger charge is 2.26. The van der Waals surface area contributed by atoms with E-state index in [1.807, 2.05) is 38.1 Å². The van der Waals surface area contributed by atoms with Crippen molar-refractivity contribution in [3.63, 3.8) is 0 Å². The molecule has 1 aliphatic heterocycles. The number of rotatable bonds is 5. The Morgan fingerprint density at radius 2 is 1.97 bits per heavy atom. The first-order chi connectivity index (χ1) is 14.5. The van der Waals surface area contributed by atoms with Crippen LogP contribution in [0.2, 0.25) is 0 Å². The number of anilines is 1. The number of nitrogens with one attached hydrogen (secondary N) is 1. The van der Waals surface area contributed by atoms with Gasteiger partial charge in [-0.2, -0.15) is 0 Å². The summed E-state index contributed by atoms with van der Waals surface area (Å²) in [6, 6.07) is 8.65. The summed E-state index contributed by atoms with van der Waals surface area (Å²) in [6.45, 7) is 7.91. The molecule has 30 heavy (non-hydrogen) atoms. The summed E-state index contributed by atoms with van der Waals surface area (Å²) in [5.41, 5.74) is 4.54. The molecule has 0 unspecified atom stereocenters. The number of H-pyrrole nitrogens is 1. The smallest absolute Gasteiger partial charge is 0.227 e. The van der Waals surface area contributed by atoms with Crippen molar-refractivity contribution in [3.05, 3.63) is 53.1 Å². The van der Waals surface area contributed by atoms with Gasteiger partial charge < -0.3 is 14.8 Å². The highest BCUT2D eigenvalue weighted by atomic mass is 16.2. The van der Waals surface area contributed by atoms with Crippen molar-refractivity contribution < 1.29 is 4.79 Å². The Morgan fingerprint density at radius 1 is 1.20 bits per heavy atom. The summed E-state index contributed by atoms with van der Waals surface area (Å²) in [5, 5.41) is 1.17. The Bertz CT molecular complexity index is 1030. The normalized spacial score (nSPS) is 15.0. The first-order valence-electron chi connectivity index (χ1n) is 10.9. The number of hydrogen-bond donors (Lipinski definition) is 1. The quantitative estimate of drug-likeness (QED) is 0.701. The summed E-state index contributed by atoms with van der Waals surface area (Å²) in [4.78, 5) is 29.6. The minimum atomic E-state index is 0.185. The number of piperidine rings is 1. The predicted octanol–water partition coefficient (Wildman–Crippen LogP) is 3.81. The molecule has 4 rings (SSSR count). The molecule has 6 heteroatoms. The largest absolute Gasteiger partial charge is 0.361 e. The zero-order valence-electron chi connectivity index (χ0n) is 18.4. The molecule has 1 aliphatic rings. The minimum Gasteiger partial charge on any atom is -0.361 e. The van der Waals surface area contributed by atoms with Gasteiger partial charge in [-0.15, -0.1) is 0 Å². The number of carbonyl (C=O) groups excluding carboxylic acids is 1. The molecule has 0 spiro atoms. The van der Waals surface area contributed by atoms with Gasteiger partial charge in [0.2, 0.25) is 5.91 Å². The molecule has 1 fully saturated rings. The molecule has 1 amide bonds. The van der Waals surface area contributed by atoms with Crippen LogP contribution in [0.15, 0.2) is 30.5 Å². The number of carbonyl (C=O) groups is 1. The third kappa shape index (κ3) is 4.04. The van der Waals surface area contributed by atoms with Crippen molar-refractivity contribution in [3.8, 4) is 0 Å². The maximum absolute atomic E-state index is 13.0. The standard InChI is InChI=1S/C24H31N5O/c1-5-18-7-6-8-21-19(15-25-24(18)21)14-23(30)28(4)20-9-11-29(12-10-20)22-13-16(2)26-17(3)27-22/h6-8,13,15,20,25H,5,9-12,14H2,1-4H3. The number of fused-ring (bicyclic) bond motifs is 1. The number of aromatic nitrogens is 3. The molecule has 1 saturated heterocycles. The van der Waals surface area contributed by atoms with Crippen LogP contribution in [0, 0.1) is 13.8 Å². The van der Waals surface area contributed by atoms with E-state index in [2.05, 4.69) is 45.0 Å². The van der Waals surface area contributed by atoms with Crippen LogP contribution < -0.4 is 4.90 Å². The molecule has 0 atom stereocenters. The van der Waals surface area contributed by atoms with Gasteiger partial charge in [0.15, 0.2) is 0 Å². The summed E-state index contributed by atoms with van der Waals surface area (Å²) in [7, 11) is 1.95. The molecule has 1 aromatic carbocycles. The molecular weight excluding hydrogens is 374 g/mol. The lowest BCUT2D eigenvalue weighted by Crippen LogP contribution is -2.46. The zero-order valence-corrected chi connectivity index (χ0v) is 18.4. The molecule has 0 saturated carbocycles. The Morgan fingerprint density at radius 3 is 2.67 bits per heavy atom. The van der Waals surface area contributed by atoms with Crippen molar-refractivity contribution in [2.45, 2.75) is 52.5 Å². The maximum Gasteiger partial charge on any atom is 0.227 e. The van der Waals surface area contributed by atoms with E-state index in [0.29, 0.717) is 6.42 Å². The van der Waals surface area contributed by atoms with Gasteiger partial charge in [-0.25, -0.2) is 9.97 Å². The zero-order chi connectivity index (χ0) is 21.3. The Hall–Kier alpha value is -2.89. The Balaban J connectivity index is 1.39. The highest BCUT2D eigenvalue weighted by molar-refractivity contribution is 5.90. The number of aryl methyl sites for hydroxylation is 3. The van der Waals surface area contributed by atoms with Gasteiger partial charge in [0, 0.05) is 55.0 Å². The van der Waals surface area contributed by atoms with Crippen molar-refractivity contribution in [1.29, 1.82) is 0 Å². The van der Waals surface area contributed by atoms with E-state index in [-0.39, 0.29) is 11.9 Å². The topological polar surface area (TPSA) is 65.1 Å². The van der Waals surface area contributed by atoms with Crippen molar-refractivity contribution in [2.24, 2.45) is 0 Å². The van der Waals surface area contributed by atoms with Crippen LogP contribution in [0.4, 0.5) is 5.82 Å². The lowest BCUT2D eigenvalue weighted by atomic mass is 10.0. The van der Waals surface area contributed by atoms with Gasteiger partial charge in [-0.1, -0.05) is 25.1 Å². The molecule has 3 aromatic rings. The summed E-state index contributed by atoms with van der Waals surface area (Å²) in [6.07, 6.45) is 5.33. The van der Waals surface area contributed by atoms with Gasteiger partial charge in [0.25, 0.3) is 0 Å². The summed E-state index contributed by atoms with van der Waals surface area (Å²) < 4.78 is 0. The molecule has 6 nitrogen and oxygen atoms in total. The number of likely N-dealkylation sites (N-methyl/N-ethyl adjacent to an activating group) is 1. The van der Waals surface area contributed by atoms with Crippen LogP contribution in [-0.4, -0.2) is 51.9 Å². The van der Waals surface area contributed by atoms with E-state index in [1.54, 1.807) is 0 Å². The monoisotopic (exact) mass is 405 g/mol. The second kappa shape index (κ2) is 8.46. The number of para-hydroxylation sites is 1. The van der Waals surface area contributed by atoms with Crippen molar-refractivity contribution in [2.75, 3.05) is 25.0 Å². The van der Waals surface area contributed by atoms with Gasteiger partial charge in [0.05, 0.1) is 6.42 Å². The Labute approximate surface area is 178 Å². The van der Waals surface area contributed by atoms with E-state index >= 15 is 0 Å². The third-order valence-electron chi connectivity index (χ3n) is 6.29. The van der Waals surface area contributed by atoms with E-state index in [9.17, 15) is 4.79 Å². The molecule has 158 valence electrons. The van der Waals surface area contributed by atoms with Crippen LogP contribution in [0.5, 0.6) is 0 Å². The van der Waals surface area contributed by atoms with E-state index in [0.717, 1.165) is 60.8 Å². The third-order valence-corrected chi connectivity index (χ3v) is 6.29. The summed E-state index contributed by atoms with van der Waals surface area (Å²) in [5.74, 6) is 1.99. The van der Waals surface area contributed by atoms with Crippen molar-refractivity contribution in [1.82, 2.24) is 19.9 Å². The fraction of sp³-hybridized carbons (Fsp3) is 0.458. The molecule has 0 bridgehead atoms. The molecule has 0 radical (unpaired) electrons. The fourth-order valence-electron chi connectivity index (χ4n) is 4.55. The van der Waals surface area contributed by atoms with Crippen molar-refractivity contribution >= 4 is 22.6 Å². The number of benzene rings is 1. The molecular formula is C24H31N5O. The van der Waals surface area contributed by atoms with Crippen LogP contribution >= 0.6 is 0 Å². The van der Waals surface area contributed by atoms with E-state index in [4.69, 9.17) is 0 Å². The molecule has 1 N–H and O–H groups in total. The Kier molecular flexibility index (Phi) is 5.75. The molecule has 3 heterocycles. The number of amides is 1. The van der Waals surface area contributed by atoms with Gasteiger partial charge in [-0.3, -0.25) is 4.79 Å². The SMILES string of the molecule is CCc1cccc2c(CC(=O)N(C)C3CCN(c4cc(C)nc(C)n4)CC3)c[nH]c12. The first-order valence-corrected chi connectivity index (χ1v) is 10.9. The summed E-state index contributed by atoms with van der Waals surface area (Å²) >= 11 is 0. The lowest BCUT2D eigenvalue weighted by Gasteiger charge is -2.37. The van der Waals surface area contributed by atoms with Crippen LogP contribution in [0.3, 0.4) is 0 Å². The van der Waals surface area contributed by atoms with Crippen LogP contribution in [-0.2, 0) is 17.6 Å². The average Bonchev–Trinajstić information content (AvgIpc) is 3.15. The number of aromatic amines is 1.